The first-order chi connectivity index (χ1) is 9.79. The second kappa shape index (κ2) is 5.25. The number of nitrogens with zero attached hydrogens (tertiary/aromatic N) is 3. The second-order valence-corrected chi connectivity index (χ2v) is 4.87. The first-order valence-corrected chi connectivity index (χ1v) is 6.69. The molecule has 102 valence electrons. The molecule has 5 nitrogen and oxygen atoms in total. The Morgan fingerprint density at radius 2 is 2.10 bits per heavy atom. The van der Waals surface area contributed by atoms with Gasteiger partial charge in [0.15, 0.2) is 0 Å². The highest BCUT2D eigenvalue weighted by Gasteiger charge is 2.25. The summed E-state index contributed by atoms with van der Waals surface area (Å²) in [6.45, 7) is 0.853. The third kappa shape index (κ3) is 2.45. The topological polar surface area (TPSA) is 59.9 Å². The van der Waals surface area contributed by atoms with Gasteiger partial charge in [-0.15, -0.1) is 0 Å². The number of nitriles is 1. The molecule has 0 atom stereocenters. The molecule has 0 unspecified atom stereocenters. The van der Waals surface area contributed by atoms with Crippen molar-refractivity contribution in [3.05, 3.63) is 52.7 Å². The van der Waals surface area contributed by atoms with Crippen molar-refractivity contribution in [2.24, 2.45) is 0 Å². The van der Waals surface area contributed by atoms with Crippen molar-refractivity contribution in [3.8, 4) is 11.8 Å². The number of hydrogen-bond acceptors (Lipinski definition) is 3. The van der Waals surface area contributed by atoms with E-state index in [1.165, 1.54) is 0 Å². The highest BCUT2D eigenvalue weighted by atomic mass is 16.5. The van der Waals surface area contributed by atoms with Crippen LogP contribution in [0.3, 0.4) is 0 Å². The summed E-state index contributed by atoms with van der Waals surface area (Å²) in [5, 5.41) is 8.96. The Morgan fingerprint density at radius 3 is 2.85 bits per heavy atom. The molecular weight excluding hydrogens is 254 g/mol. The molecule has 1 fully saturated rings. The van der Waals surface area contributed by atoms with Crippen molar-refractivity contribution in [1.29, 1.82) is 5.26 Å². The summed E-state index contributed by atoms with van der Waals surface area (Å²) in [6.07, 6.45) is 5.81. The van der Waals surface area contributed by atoms with Crippen LogP contribution in [0.2, 0.25) is 0 Å². The lowest BCUT2D eigenvalue weighted by atomic mass is 10.2. The molecule has 5 heteroatoms. The Labute approximate surface area is 116 Å². The van der Waals surface area contributed by atoms with Gasteiger partial charge in [-0.05, 0) is 25.0 Å². The maximum atomic E-state index is 12.0. The summed E-state index contributed by atoms with van der Waals surface area (Å²) >= 11 is 0. The summed E-state index contributed by atoms with van der Waals surface area (Å²) in [7, 11) is 0. The highest BCUT2D eigenvalue weighted by Crippen LogP contribution is 2.33. The number of imidazole rings is 1. The number of para-hydroxylation sites is 1. The molecule has 0 aliphatic heterocycles. The molecule has 1 aliphatic rings. The van der Waals surface area contributed by atoms with E-state index in [0.29, 0.717) is 30.5 Å². The van der Waals surface area contributed by atoms with Crippen LogP contribution in [-0.4, -0.2) is 15.7 Å². The van der Waals surface area contributed by atoms with Crippen LogP contribution < -0.4 is 10.4 Å². The van der Waals surface area contributed by atoms with E-state index in [1.54, 1.807) is 33.5 Å². The largest absolute Gasteiger partial charge is 0.490 e. The average Bonchev–Trinajstić information content (AvgIpc) is 3.25. The van der Waals surface area contributed by atoms with E-state index in [1.807, 2.05) is 12.3 Å². The van der Waals surface area contributed by atoms with Crippen molar-refractivity contribution < 1.29 is 4.74 Å². The zero-order valence-electron chi connectivity index (χ0n) is 11.0. The molecule has 0 amide bonds. The highest BCUT2D eigenvalue weighted by molar-refractivity contribution is 5.42. The van der Waals surface area contributed by atoms with Crippen LogP contribution in [0, 0.1) is 11.3 Å². The second-order valence-electron chi connectivity index (χ2n) is 4.87. The van der Waals surface area contributed by atoms with Crippen molar-refractivity contribution in [1.82, 2.24) is 9.13 Å². The summed E-state index contributed by atoms with van der Waals surface area (Å²) in [5.41, 5.74) is 0.528. The molecule has 0 radical (unpaired) electrons. The van der Waals surface area contributed by atoms with Gasteiger partial charge in [0.05, 0.1) is 12.1 Å². The molecule has 20 heavy (non-hydrogen) atoms. The van der Waals surface area contributed by atoms with Gasteiger partial charge in [-0.2, -0.15) is 5.26 Å². The summed E-state index contributed by atoms with van der Waals surface area (Å²) < 4.78 is 9.01. The van der Waals surface area contributed by atoms with Crippen molar-refractivity contribution >= 4 is 0 Å². The zero-order valence-corrected chi connectivity index (χ0v) is 11.0. The third-order valence-electron chi connectivity index (χ3n) is 3.41. The minimum atomic E-state index is 0.0182. The maximum absolute atomic E-state index is 12.0. The number of hydrogen-bond donors (Lipinski definition) is 0. The third-order valence-corrected chi connectivity index (χ3v) is 3.41. The van der Waals surface area contributed by atoms with E-state index in [2.05, 4.69) is 6.07 Å². The smallest absolute Gasteiger partial charge is 0.328 e. The van der Waals surface area contributed by atoms with Gasteiger partial charge in [-0.3, -0.25) is 9.13 Å². The van der Waals surface area contributed by atoms with Crippen LogP contribution >= 0.6 is 0 Å². The predicted octanol–water partition coefficient (Wildman–Crippen LogP) is 1.94. The molecule has 1 aromatic heterocycles. The van der Waals surface area contributed by atoms with Gasteiger partial charge in [0.1, 0.15) is 18.4 Å². The number of ether oxygens (including phenoxy) is 1. The van der Waals surface area contributed by atoms with Gasteiger partial charge in [0, 0.05) is 18.4 Å². The fourth-order valence-electron chi connectivity index (χ4n) is 2.17. The number of rotatable bonds is 5. The minimum absolute atomic E-state index is 0.0182. The molecule has 1 aliphatic carbocycles. The van der Waals surface area contributed by atoms with E-state index in [4.69, 9.17) is 10.00 Å². The molecule has 1 saturated carbocycles. The first kappa shape index (κ1) is 12.5. The standard InChI is InChI=1S/C15H15N3O2/c16-11-12-3-1-2-4-14(12)20-10-9-17-7-8-18(15(17)19)13-5-6-13/h1-4,7-8,13H,5-6,9-10H2. The van der Waals surface area contributed by atoms with E-state index < -0.39 is 0 Å². The first-order valence-electron chi connectivity index (χ1n) is 6.69. The molecular formula is C15H15N3O2. The lowest BCUT2D eigenvalue weighted by Crippen LogP contribution is -2.25. The van der Waals surface area contributed by atoms with Gasteiger partial charge in [0.2, 0.25) is 0 Å². The van der Waals surface area contributed by atoms with Gasteiger partial charge in [-0.25, -0.2) is 4.79 Å². The monoisotopic (exact) mass is 269 g/mol. The summed E-state index contributed by atoms with van der Waals surface area (Å²) in [5.74, 6) is 0.560. The Hall–Kier alpha value is -2.48. The number of aromatic nitrogens is 2. The average molecular weight is 269 g/mol. The van der Waals surface area contributed by atoms with E-state index in [9.17, 15) is 4.79 Å². The van der Waals surface area contributed by atoms with Crippen LogP contribution in [0.15, 0.2) is 41.5 Å². The van der Waals surface area contributed by atoms with Crippen LogP contribution in [0.1, 0.15) is 24.4 Å². The molecule has 0 bridgehead atoms. The molecule has 3 rings (SSSR count). The maximum Gasteiger partial charge on any atom is 0.328 e. The molecule has 0 N–H and O–H groups in total. The Morgan fingerprint density at radius 1 is 1.30 bits per heavy atom. The molecule has 0 spiro atoms. The quantitative estimate of drug-likeness (QED) is 0.833. The normalized spacial score (nSPS) is 13.9. The van der Waals surface area contributed by atoms with Gasteiger partial charge < -0.3 is 4.74 Å². The van der Waals surface area contributed by atoms with Crippen LogP contribution in [-0.2, 0) is 6.54 Å². The minimum Gasteiger partial charge on any atom is -0.490 e. The van der Waals surface area contributed by atoms with Crippen molar-refractivity contribution in [3.63, 3.8) is 0 Å². The van der Waals surface area contributed by atoms with Gasteiger partial charge >= 0.3 is 5.69 Å². The Balaban J connectivity index is 1.63. The Bertz CT molecular complexity index is 704. The molecule has 1 aromatic carbocycles. The SMILES string of the molecule is N#Cc1ccccc1OCCn1ccn(C2CC2)c1=O. The zero-order chi connectivity index (χ0) is 13.9. The lowest BCUT2D eigenvalue weighted by Gasteiger charge is -2.07. The van der Waals surface area contributed by atoms with Crippen molar-refractivity contribution in [2.75, 3.05) is 6.61 Å². The fourth-order valence-corrected chi connectivity index (χ4v) is 2.17. The van der Waals surface area contributed by atoms with E-state index >= 15 is 0 Å². The van der Waals surface area contributed by atoms with E-state index in [-0.39, 0.29) is 5.69 Å². The van der Waals surface area contributed by atoms with Crippen LogP contribution in [0.4, 0.5) is 0 Å². The van der Waals surface area contributed by atoms with Crippen LogP contribution in [0.5, 0.6) is 5.75 Å². The predicted molar refractivity (Wildman–Crippen MR) is 73.6 cm³/mol. The lowest BCUT2D eigenvalue weighted by molar-refractivity contribution is 0.295. The fraction of sp³-hybridized carbons (Fsp3) is 0.333. The summed E-state index contributed by atoms with van der Waals surface area (Å²) in [4.78, 5) is 12.0. The summed E-state index contributed by atoms with van der Waals surface area (Å²) in [6, 6.07) is 9.57. The van der Waals surface area contributed by atoms with Gasteiger partial charge in [0.25, 0.3) is 0 Å². The molecule has 2 aromatic rings. The molecule has 1 heterocycles. The van der Waals surface area contributed by atoms with Gasteiger partial charge in [-0.1, -0.05) is 12.1 Å². The number of benzene rings is 1. The Kier molecular flexibility index (Phi) is 3.30. The van der Waals surface area contributed by atoms with Crippen LogP contribution in [0.25, 0.3) is 0 Å². The van der Waals surface area contributed by atoms with E-state index in [0.717, 1.165) is 12.8 Å². The van der Waals surface area contributed by atoms with Crippen molar-refractivity contribution in [2.45, 2.75) is 25.4 Å². The molecule has 0 saturated heterocycles.